The van der Waals surface area contributed by atoms with Gasteiger partial charge in [0.15, 0.2) is 0 Å². The van der Waals surface area contributed by atoms with E-state index in [2.05, 4.69) is 11.4 Å². The van der Waals surface area contributed by atoms with Crippen LogP contribution in [0.4, 0.5) is 0 Å². The van der Waals surface area contributed by atoms with E-state index in [0.29, 0.717) is 24.1 Å². The largest absolute Gasteiger partial charge is 0.373 e. The SMILES string of the molecule is CNC(=N)c1c(Cl)cc2c3c(cccc13)COC2. The van der Waals surface area contributed by atoms with Crippen molar-refractivity contribution in [2.75, 3.05) is 7.05 Å². The van der Waals surface area contributed by atoms with E-state index >= 15 is 0 Å². The second-order valence-corrected chi connectivity index (χ2v) is 4.76. The van der Waals surface area contributed by atoms with Crippen molar-refractivity contribution in [2.24, 2.45) is 0 Å². The van der Waals surface area contributed by atoms with Gasteiger partial charge in [0.1, 0.15) is 5.84 Å². The molecule has 0 saturated heterocycles. The zero-order valence-corrected chi connectivity index (χ0v) is 10.8. The van der Waals surface area contributed by atoms with Crippen LogP contribution in [0.1, 0.15) is 16.7 Å². The van der Waals surface area contributed by atoms with Gasteiger partial charge in [-0.1, -0.05) is 29.8 Å². The van der Waals surface area contributed by atoms with Crippen molar-refractivity contribution in [1.29, 1.82) is 5.41 Å². The molecular weight excluding hydrogens is 248 g/mol. The van der Waals surface area contributed by atoms with Gasteiger partial charge in [0.25, 0.3) is 0 Å². The van der Waals surface area contributed by atoms with Crippen LogP contribution in [0.5, 0.6) is 0 Å². The summed E-state index contributed by atoms with van der Waals surface area (Å²) in [6.45, 7) is 1.21. The van der Waals surface area contributed by atoms with Crippen molar-refractivity contribution in [1.82, 2.24) is 5.32 Å². The first-order valence-electron chi connectivity index (χ1n) is 5.79. The van der Waals surface area contributed by atoms with Crippen LogP contribution in [0.2, 0.25) is 5.02 Å². The van der Waals surface area contributed by atoms with E-state index in [1.54, 1.807) is 7.05 Å². The molecule has 1 aliphatic heterocycles. The molecule has 0 saturated carbocycles. The number of amidine groups is 1. The Bertz CT molecular complexity index is 652. The van der Waals surface area contributed by atoms with E-state index in [9.17, 15) is 0 Å². The summed E-state index contributed by atoms with van der Waals surface area (Å²) < 4.78 is 5.54. The van der Waals surface area contributed by atoms with Crippen LogP contribution < -0.4 is 5.32 Å². The Morgan fingerprint density at radius 1 is 1.33 bits per heavy atom. The van der Waals surface area contributed by atoms with Gasteiger partial charge in [0, 0.05) is 12.6 Å². The van der Waals surface area contributed by atoms with Crippen LogP contribution >= 0.6 is 11.6 Å². The van der Waals surface area contributed by atoms with Crippen molar-refractivity contribution < 1.29 is 4.74 Å². The lowest BCUT2D eigenvalue weighted by molar-refractivity contribution is 0.103. The topological polar surface area (TPSA) is 45.1 Å². The molecule has 92 valence electrons. The molecule has 18 heavy (non-hydrogen) atoms. The van der Waals surface area contributed by atoms with Crippen molar-refractivity contribution in [3.8, 4) is 0 Å². The Morgan fingerprint density at radius 3 is 2.89 bits per heavy atom. The fraction of sp³-hybridized carbons (Fsp3) is 0.214. The van der Waals surface area contributed by atoms with Gasteiger partial charge in [0.2, 0.25) is 0 Å². The average Bonchev–Trinajstić information content (AvgIpc) is 2.38. The van der Waals surface area contributed by atoms with E-state index in [4.69, 9.17) is 21.7 Å². The summed E-state index contributed by atoms with van der Waals surface area (Å²) in [6, 6.07) is 7.97. The number of hydrogen-bond donors (Lipinski definition) is 2. The molecule has 0 amide bonds. The molecule has 2 aromatic rings. The number of nitrogens with one attached hydrogen (secondary N) is 2. The molecule has 1 heterocycles. The third-order valence-electron chi connectivity index (χ3n) is 3.30. The van der Waals surface area contributed by atoms with Gasteiger partial charge >= 0.3 is 0 Å². The summed E-state index contributed by atoms with van der Waals surface area (Å²) >= 11 is 6.30. The van der Waals surface area contributed by atoms with Crippen LogP contribution in [0.15, 0.2) is 24.3 Å². The Kier molecular flexibility index (Phi) is 2.73. The highest BCUT2D eigenvalue weighted by Crippen LogP contribution is 2.34. The molecule has 0 aliphatic carbocycles. The summed E-state index contributed by atoms with van der Waals surface area (Å²) in [5, 5.41) is 13.7. The van der Waals surface area contributed by atoms with Crippen LogP contribution in [0.3, 0.4) is 0 Å². The first kappa shape index (κ1) is 11.5. The minimum atomic E-state index is 0.343. The quantitative estimate of drug-likeness (QED) is 0.611. The van der Waals surface area contributed by atoms with Crippen molar-refractivity contribution in [3.63, 3.8) is 0 Å². The number of benzene rings is 2. The molecule has 1 aliphatic rings. The first-order valence-corrected chi connectivity index (χ1v) is 6.17. The van der Waals surface area contributed by atoms with Gasteiger partial charge in [0.05, 0.1) is 18.2 Å². The molecule has 3 rings (SSSR count). The van der Waals surface area contributed by atoms with Crippen LogP contribution in [0.25, 0.3) is 10.8 Å². The first-order chi connectivity index (χ1) is 8.72. The molecule has 0 unspecified atom stereocenters. The summed E-state index contributed by atoms with van der Waals surface area (Å²) in [4.78, 5) is 0. The second-order valence-electron chi connectivity index (χ2n) is 4.35. The van der Waals surface area contributed by atoms with Gasteiger partial charge in [-0.3, -0.25) is 5.41 Å². The van der Waals surface area contributed by atoms with Gasteiger partial charge in [-0.2, -0.15) is 0 Å². The molecule has 3 nitrogen and oxygen atoms in total. The highest BCUT2D eigenvalue weighted by molar-refractivity contribution is 6.36. The lowest BCUT2D eigenvalue weighted by Gasteiger charge is -2.20. The number of rotatable bonds is 1. The van der Waals surface area contributed by atoms with Gasteiger partial charge < -0.3 is 10.1 Å². The van der Waals surface area contributed by atoms with Crippen LogP contribution in [-0.4, -0.2) is 12.9 Å². The fourth-order valence-corrected chi connectivity index (χ4v) is 2.83. The fourth-order valence-electron chi connectivity index (χ4n) is 2.50. The van der Waals surface area contributed by atoms with E-state index in [1.807, 2.05) is 18.2 Å². The van der Waals surface area contributed by atoms with Gasteiger partial charge in [-0.25, -0.2) is 0 Å². The molecule has 0 aromatic heterocycles. The summed E-state index contributed by atoms with van der Waals surface area (Å²) in [7, 11) is 1.73. The zero-order valence-electron chi connectivity index (χ0n) is 10.0. The summed E-state index contributed by atoms with van der Waals surface area (Å²) in [5.41, 5.74) is 3.03. The van der Waals surface area contributed by atoms with Crippen molar-refractivity contribution in [3.05, 3.63) is 46.0 Å². The third-order valence-corrected chi connectivity index (χ3v) is 3.59. The molecule has 4 heteroatoms. The monoisotopic (exact) mass is 260 g/mol. The Balaban J connectivity index is 2.42. The van der Waals surface area contributed by atoms with Gasteiger partial charge in [-0.15, -0.1) is 0 Å². The third kappa shape index (κ3) is 1.59. The molecule has 0 fully saturated rings. The molecule has 0 atom stereocenters. The lowest BCUT2D eigenvalue weighted by Crippen LogP contribution is -2.19. The second kappa shape index (κ2) is 4.26. The summed E-state index contributed by atoms with van der Waals surface area (Å²) in [6.07, 6.45) is 0. The average molecular weight is 261 g/mol. The molecular formula is C14H13ClN2O. The number of halogens is 1. The van der Waals surface area contributed by atoms with Gasteiger partial charge in [-0.05, 0) is 28.0 Å². The van der Waals surface area contributed by atoms with Crippen molar-refractivity contribution >= 4 is 28.2 Å². The number of ether oxygens (including phenoxy) is 1. The molecule has 0 spiro atoms. The van der Waals surface area contributed by atoms with E-state index in [1.165, 1.54) is 5.39 Å². The normalized spacial score (nSPS) is 13.7. The van der Waals surface area contributed by atoms with Crippen LogP contribution in [-0.2, 0) is 18.0 Å². The highest BCUT2D eigenvalue weighted by Gasteiger charge is 2.19. The zero-order chi connectivity index (χ0) is 12.7. The Labute approximate surface area is 110 Å². The standard InChI is InChI=1S/C14H13ClN2O/c1-17-14(16)13-10-4-2-3-8-6-18-7-9(12(8)10)5-11(13)15/h2-5H,6-7H2,1H3,(H2,16,17). The minimum absolute atomic E-state index is 0.343. The predicted octanol–water partition coefficient (Wildman–Crippen LogP) is 3.07. The molecule has 0 radical (unpaired) electrons. The molecule has 0 bridgehead atoms. The minimum Gasteiger partial charge on any atom is -0.373 e. The maximum Gasteiger partial charge on any atom is 0.127 e. The maximum atomic E-state index is 7.99. The Morgan fingerprint density at radius 2 is 2.11 bits per heavy atom. The van der Waals surface area contributed by atoms with Crippen LogP contribution in [0, 0.1) is 5.41 Å². The van der Waals surface area contributed by atoms with E-state index < -0.39 is 0 Å². The molecule has 2 N–H and O–H groups in total. The number of hydrogen-bond acceptors (Lipinski definition) is 2. The van der Waals surface area contributed by atoms with Crippen molar-refractivity contribution in [2.45, 2.75) is 13.2 Å². The van der Waals surface area contributed by atoms with E-state index in [-0.39, 0.29) is 0 Å². The van der Waals surface area contributed by atoms with E-state index in [0.717, 1.165) is 22.1 Å². The smallest absolute Gasteiger partial charge is 0.127 e. The predicted molar refractivity (Wildman–Crippen MR) is 73.3 cm³/mol. The summed E-state index contributed by atoms with van der Waals surface area (Å²) in [5.74, 6) is 0.343. The Hall–Kier alpha value is -1.58. The maximum absolute atomic E-state index is 7.99. The molecule has 2 aromatic carbocycles. The lowest BCUT2D eigenvalue weighted by atomic mass is 9.94. The highest BCUT2D eigenvalue weighted by atomic mass is 35.5.